The second-order valence-corrected chi connectivity index (χ2v) is 8.91. The molecule has 0 heterocycles. The van der Waals surface area contributed by atoms with Crippen LogP contribution in [-0.4, -0.2) is 22.2 Å². The monoisotopic (exact) mass is 408 g/mol. The summed E-state index contributed by atoms with van der Waals surface area (Å²) in [6.07, 6.45) is 2.84. The van der Waals surface area contributed by atoms with Gasteiger partial charge in [0.05, 0.1) is 5.41 Å². The second-order valence-electron chi connectivity index (χ2n) is 8.91. The average Bonchev–Trinajstić information content (AvgIpc) is 2.74. The SMILES string of the molecule is CC1(C(=O)O)CCC2c3ccc(OCc4ccccc4)cc3CCC2C1CC(=O)O. The molecule has 2 aromatic carbocycles. The Morgan fingerprint density at radius 3 is 2.57 bits per heavy atom. The number of carboxylic acids is 2. The summed E-state index contributed by atoms with van der Waals surface area (Å²) in [6, 6.07) is 16.2. The molecule has 2 aliphatic rings. The fourth-order valence-corrected chi connectivity index (χ4v) is 5.54. The van der Waals surface area contributed by atoms with Gasteiger partial charge in [0.25, 0.3) is 0 Å². The van der Waals surface area contributed by atoms with Gasteiger partial charge in [-0.3, -0.25) is 9.59 Å². The third kappa shape index (κ3) is 3.81. The Morgan fingerprint density at radius 1 is 1.10 bits per heavy atom. The van der Waals surface area contributed by atoms with Crippen LogP contribution >= 0.6 is 0 Å². The minimum absolute atomic E-state index is 0.0829. The lowest BCUT2D eigenvalue weighted by molar-refractivity contribution is -0.159. The molecule has 1 saturated carbocycles. The van der Waals surface area contributed by atoms with E-state index in [1.54, 1.807) is 6.92 Å². The molecule has 0 aromatic heterocycles. The van der Waals surface area contributed by atoms with Crippen molar-refractivity contribution in [3.8, 4) is 5.75 Å². The standard InChI is InChI=1S/C25H28O5/c1-25(24(28)29)12-11-20-19-10-8-18(30-15-16-5-3-2-4-6-16)13-17(19)7-9-21(20)22(25)14-23(26)27/h2-6,8,10,13,20-22H,7,9,11-12,14-15H2,1H3,(H,26,27)(H,28,29). The Kier molecular flexibility index (Phi) is 5.54. The summed E-state index contributed by atoms with van der Waals surface area (Å²) in [5.41, 5.74) is 2.62. The van der Waals surface area contributed by atoms with Crippen molar-refractivity contribution in [1.29, 1.82) is 0 Å². The highest BCUT2D eigenvalue weighted by molar-refractivity contribution is 5.77. The van der Waals surface area contributed by atoms with E-state index >= 15 is 0 Å². The largest absolute Gasteiger partial charge is 0.489 e. The Bertz CT molecular complexity index is 938. The zero-order valence-electron chi connectivity index (χ0n) is 17.2. The van der Waals surface area contributed by atoms with E-state index in [0.29, 0.717) is 13.0 Å². The highest BCUT2D eigenvalue weighted by atomic mass is 16.5. The van der Waals surface area contributed by atoms with Crippen molar-refractivity contribution in [2.24, 2.45) is 17.3 Å². The zero-order valence-corrected chi connectivity index (χ0v) is 17.2. The van der Waals surface area contributed by atoms with Crippen molar-refractivity contribution < 1.29 is 24.5 Å². The van der Waals surface area contributed by atoms with Gasteiger partial charge in [-0.2, -0.15) is 0 Å². The number of rotatable bonds is 6. The van der Waals surface area contributed by atoms with Crippen molar-refractivity contribution in [1.82, 2.24) is 0 Å². The molecule has 0 bridgehead atoms. The Morgan fingerprint density at radius 2 is 1.87 bits per heavy atom. The predicted octanol–water partition coefficient (Wildman–Crippen LogP) is 4.89. The molecule has 30 heavy (non-hydrogen) atoms. The third-order valence-corrected chi connectivity index (χ3v) is 7.22. The quantitative estimate of drug-likeness (QED) is 0.711. The van der Waals surface area contributed by atoms with Gasteiger partial charge >= 0.3 is 11.9 Å². The molecule has 0 spiro atoms. The van der Waals surface area contributed by atoms with Crippen LogP contribution < -0.4 is 4.74 Å². The molecule has 0 aliphatic heterocycles. The molecule has 158 valence electrons. The highest BCUT2D eigenvalue weighted by Gasteiger charge is 2.52. The smallest absolute Gasteiger partial charge is 0.309 e. The number of carboxylic acid groups (broad SMARTS) is 2. The van der Waals surface area contributed by atoms with Crippen molar-refractivity contribution in [2.45, 2.75) is 51.6 Å². The molecule has 4 unspecified atom stereocenters. The number of aliphatic carboxylic acids is 2. The average molecular weight is 408 g/mol. The maximum Gasteiger partial charge on any atom is 0.309 e. The number of hydrogen-bond donors (Lipinski definition) is 2. The van der Waals surface area contributed by atoms with Gasteiger partial charge in [0, 0.05) is 6.42 Å². The number of hydrogen-bond acceptors (Lipinski definition) is 3. The van der Waals surface area contributed by atoms with Crippen LogP contribution in [0.1, 0.15) is 55.2 Å². The van der Waals surface area contributed by atoms with E-state index in [0.717, 1.165) is 30.6 Å². The fourth-order valence-electron chi connectivity index (χ4n) is 5.54. The molecule has 5 heteroatoms. The molecule has 0 amide bonds. The van der Waals surface area contributed by atoms with Crippen LogP contribution in [0.25, 0.3) is 0 Å². The molecule has 1 fully saturated rings. The lowest BCUT2D eigenvalue weighted by atomic mass is 9.54. The van der Waals surface area contributed by atoms with Gasteiger partial charge in [0.1, 0.15) is 12.4 Å². The maximum atomic E-state index is 12.0. The van der Waals surface area contributed by atoms with Crippen LogP contribution in [0.4, 0.5) is 0 Å². The van der Waals surface area contributed by atoms with Crippen molar-refractivity contribution in [2.75, 3.05) is 0 Å². The molecular weight excluding hydrogens is 380 g/mol. The van der Waals surface area contributed by atoms with Crippen LogP contribution in [0.15, 0.2) is 48.5 Å². The molecule has 0 saturated heterocycles. The summed E-state index contributed by atoms with van der Waals surface area (Å²) >= 11 is 0. The number of fused-ring (bicyclic) bond motifs is 3. The number of carbonyl (C=O) groups is 2. The molecule has 5 nitrogen and oxygen atoms in total. The topological polar surface area (TPSA) is 83.8 Å². The molecule has 2 N–H and O–H groups in total. The molecule has 2 aromatic rings. The van der Waals surface area contributed by atoms with Gasteiger partial charge in [-0.25, -0.2) is 0 Å². The summed E-state index contributed by atoms with van der Waals surface area (Å²) in [6.45, 7) is 2.25. The molecule has 0 radical (unpaired) electrons. The Hall–Kier alpha value is -2.82. The normalized spacial score (nSPS) is 27.6. The summed E-state index contributed by atoms with van der Waals surface area (Å²) in [5.74, 6) is -1.00. The van der Waals surface area contributed by atoms with E-state index in [1.807, 2.05) is 36.4 Å². The van der Waals surface area contributed by atoms with E-state index in [2.05, 4.69) is 12.1 Å². The van der Waals surface area contributed by atoms with Gasteiger partial charge < -0.3 is 14.9 Å². The van der Waals surface area contributed by atoms with E-state index in [9.17, 15) is 19.8 Å². The second kappa shape index (κ2) is 8.13. The molecule has 4 atom stereocenters. The first-order chi connectivity index (χ1) is 14.4. The number of aryl methyl sites for hydroxylation is 1. The fraction of sp³-hybridized carbons (Fsp3) is 0.440. The van der Waals surface area contributed by atoms with Crippen LogP contribution in [-0.2, 0) is 22.6 Å². The Balaban J connectivity index is 1.55. The molecular formula is C25H28O5. The summed E-state index contributed by atoms with van der Waals surface area (Å²) in [7, 11) is 0. The lowest BCUT2D eigenvalue weighted by Gasteiger charge is -2.49. The lowest BCUT2D eigenvalue weighted by Crippen LogP contribution is -2.47. The van der Waals surface area contributed by atoms with Gasteiger partial charge in [-0.15, -0.1) is 0 Å². The van der Waals surface area contributed by atoms with Crippen molar-refractivity contribution >= 4 is 11.9 Å². The third-order valence-electron chi connectivity index (χ3n) is 7.22. The van der Waals surface area contributed by atoms with E-state index < -0.39 is 17.4 Å². The van der Waals surface area contributed by atoms with E-state index in [4.69, 9.17) is 4.74 Å². The van der Waals surface area contributed by atoms with Gasteiger partial charge in [0.2, 0.25) is 0 Å². The minimum Gasteiger partial charge on any atom is -0.489 e. The van der Waals surface area contributed by atoms with Crippen LogP contribution in [0.5, 0.6) is 5.75 Å². The zero-order chi connectivity index (χ0) is 21.3. The van der Waals surface area contributed by atoms with Gasteiger partial charge in [-0.1, -0.05) is 36.4 Å². The first-order valence-corrected chi connectivity index (χ1v) is 10.6. The van der Waals surface area contributed by atoms with E-state index in [-0.39, 0.29) is 24.2 Å². The van der Waals surface area contributed by atoms with Crippen molar-refractivity contribution in [3.05, 3.63) is 65.2 Å². The highest BCUT2D eigenvalue weighted by Crippen LogP contribution is 2.56. The predicted molar refractivity (Wildman–Crippen MR) is 112 cm³/mol. The summed E-state index contributed by atoms with van der Waals surface area (Å²) in [4.78, 5) is 23.5. The van der Waals surface area contributed by atoms with Crippen LogP contribution in [0, 0.1) is 17.3 Å². The Labute approximate surface area is 176 Å². The van der Waals surface area contributed by atoms with Crippen molar-refractivity contribution in [3.63, 3.8) is 0 Å². The number of ether oxygens (including phenoxy) is 1. The number of benzene rings is 2. The van der Waals surface area contributed by atoms with Crippen LogP contribution in [0.2, 0.25) is 0 Å². The van der Waals surface area contributed by atoms with Crippen LogP contribution in [0.3, 0.4) is 0 Å². The van der Waals surface area contributed by atoms with E-state index in [1.165, 1.54) is 11.1 Å². The summed E-state index contributed by atoms with van der Waals surface area (Å²) < 4.78 is 5.98. The first kappa shape index (κ1) is 20.5. The van der Waals surface area contributed by atoms with Gasteiger partial charge in [-0.05, 0) is 79.2 Å². The first-order valence-electron chi connectivity index (χ1n) is 10.6. The maximum absolute atomic E-state index is 12.0. The molecule has 2 aliphatic carbocycles. The minimum atomic E-state index is -0.976. The van der Waals surface area contributed by atoms with Gasteiger partial charge in [0.15, 0.2) is 0 Å². The summed E-state index contributed by atoms with van der Waals surface area (Å²) in [5, 5.41) is 19.3. The molecule has 4 rings (SSSR count).